The Morgan fingerprint density at radius 3 is 2.44 bits per heavy atom. The summed E-state index contributed by atoms with van der Waals surface area (Å²) >= 11 is 12.2. The third-order valence-corrected chi connectivity index (χ3v) is 5.05. The van der Waals surface area contributed by atoms with Crippen molar-refractivity contribution < 1.29 is 4.74 Å². The molecule has 1 rings (SSSR count). The van der Waals surface area contributed by atoms with Gasteiger partial charge in [0.25, 0.3) is 0 Å². The predicted octanol–water partition coefficient (Wildman–Crippen LogP) is 4.46. The third kappa shape index (κ3) is 3.78. The molecule has 0 spiro atoms. The summed E-state index contributed by atoms with van der Waals surface area (Å²) in [6, 6.07) is 0. The highest BCUT2D eigenvalue weighted by molar-refractivity contribution is 6.21. The second-order valence-electron chi connectivity index (χ2n) is 5.31. The Morgan fingerprint density at radius 1 is 1.31 bits per heavy atom. The highest BCUT2D eigenvalue weighted by Crippen LogP contribution is 2.36. The molecule has 1 aliphatic rings. The van der Waals surface area contributed by atoms with Crippen molar-refractivity contribution in [2.75, 3.05) is 18.4 Å². The second-order valence-corrected chi connectivity index (χ2v) is 5.85. The lowest BCUT2D eigenvalue weighted by molar-refractivity contribution is 0.0966. The van der Waals surface area contributed by atoms with Gasteiger partial charge in [-0.15, -0.1) is 23.2 Å². The lowest BCUT2D eigenvalue weighted by Crippen LogP contribution is -2.31. The number of ether oxygens (including phenoxy) is 1. The molecule has 1 aliphatic heterocycles. The van der Waals surface area contributed by atoms with Crippen LogP contribution in [0.2, 0.25) is 0 Å². The normalized spacial score (nSPS) is 21.9. The van der Waals surface area contributed by atoms with Crippen molar-refractivity contribution in [3.05, 3.63) is 0 Å². The molecule has 0 aromatic heterocycles. The number of halogens is 2. The number of hydrogen-bond donors (Lipinski definition) is 0. The van der Waals surface area contributed by atoms with Crippen LogP contribution in [0.15, 0.2) is 0 Å². The molecule has 0 radical (unpaired) electrons. The summed E-state index contributed by atoms with van der Waals surface area (Å²) in [7, 11) is 0. The Morgan fingerprint density at radius 2 is 2.00 bits per heavy atom. The molecule has 0 amide bonds. The standard InChI is InChI=1S/C13H24Cl2O/c1-11(2)13(9-14,10-15)7-3-5-12-6-4-8-16-12/h11-12H,3-10H2,1-2H3. The summed E-state index contributed by atoms with van der Waals surface area (Å²) in [6.07, 6.45) is 6.43. The van der Waals surface area contributed by atoms with Gasteiger partial charge in [0.05, 0.1) is 6.10 Å². The van der Waals surface area contributed by atoms with E-state index in [1.165, 1.54) is 25.7 Å². The second kappa shape index (κ2) is 7.08. The van der Waals surface area contributed by atoms with Crippen LogP contribution in [0.4, 0.5) is 0 Å². The molecule has 0 bridgehead atoms. The van der Waals surface area contributed by atoms with E-state index in [2.05, 4.69) is 13.8 Å². The van der Waals surface area contributed by atoms with Crippen LogP contribution in [0, 0.1) is 11.3 Å². The van der Waals surface area contributed by atoms with Crippen molar-refractivity contribution in [3.8, 4) is 0 Å². The van der Waals surface area contributed by atoms with Gasteiger partial charge in [-0.25, -0.2) is 0 Å². The van der Waals surface area contributed by atoms with Crippen LogP contribution in [0.5, 0.6) is 0 Å². The first-order valence-electron chi connectivity index (χ1n) is 6.38. The summed E-state index contributed by atoms with van der Waals surface area (Å²) < 4.78 is 5.63. The van der Waals surface area contributed by atoms with Crippen LogP contribution in [0.1, 0.15) is 46.0 Å². The molecule has 1 unspecified atom stereocenters. The van der Waals surface area contributed by atoms with Crippen molar-refractivity contribution in [1.82, 2.24) is 0 Å². The number of hydrogen-bond acceptors (Lipinski definition) is 1. The van der Waals surface area contributed by atoms with Gasteiger partial charge in [0, 0.05) is 18.4 Å². The van der Waals surface area contributed by atoms with Gasteiger partial charge in [0.2, 0.25) is 0 Å². The molecule has 0 aliphatic carbocycles. The zero-order valence-electron chi connectivity index (χ0n) is 10.5. The molecule has 16 heavy (non-hydrogen) atoms. The van der Waals surface area contributed by atoms with Gasteiger partial charge in [-0.2, -0.15) is 0 Å². The van der Waals surface area contributed by atoms with Crippen LogP contribution in [-0.2, 0) is 4.74 Å². The predicted molar refractivity (Wildman–Crippen MR) is 71.5 cm³/mol. The van der Waals surface area contributed by atoms with Crippen LogP contribution in [-0.4, -0.2) is 24.5 Å². The fraction of sp³-hybridized carbons (Fsp3) is 1.00. The maximum atomic E-state index is 6.10. The van der Waals surface area contributed by atoms with Gasteiger partial charge in [-0.3, -0.25) is 0 Å². The van der Waals surface area contributed by atoms with Crippen molar-refractivity contribution >= 4 is 23.2 Å². The first-order chi connectivity index (χ1) is 7.64. The zero-order chi connectivity index (χ0) is 12.0. The summed E-state index contributed by atoms with van der Waals surface area (Å²) in [4.78, 5) is 0. The lowest BCUT2D eigenvalue weighted by Gasteiger charge is -2.34. The molecular formula is C13H24Cl2O. The molecule has 1 fully saturated rings. The Labute approximate surface area is 110 Å². The average Bonchev–Trinajstić information content (AvgIpc) is 2.77. The SMILES string of the molecule is CC(C)C(CCl)(CCl)CCCC1CCCO1. The van der Waals surface area contributed by atoms with Crippen molar-refractivity contribution in [2.24, 2.45) is 11.3 Å². The molecule has 0 aromatic rings. The van der Waals surface area contributed by atoms with Gasteiger partial charge in [0.1, 0.15) is 0 Å². The van der Waals surface area contributed by atoms with E-state index in [1.54, 1.807) is 0 Å². The van der Waals surface area contributed by atoms with E-state index < -0.39 is 0 Å². The minimum atomic E-state index is 0.113. The highest BCUT2D eigenvalue weighted by Gasteiger charge is 2.32. The highest BCUT2D eigenvalue weighted by atomic mass is 35.5. The fourth-order valence-corrected chi connectivity index (χ4v) is 3.49. The summed E-state index contributed by atoms with van der Waals surface area (Å²) in [5, 5.41) is 0. The smallest absolute Gasteiger partial charge is 0.0576 e. The quantitative estimate of drug-likeness (QED) is 0.619. The molecule has 1 heterocycles. The van der Waals surface area contributed by atoms with E-state index in [9.17, 15) is 0 Å². The Hall–Kier alpha value is 0.540. The van der Waals surface area contributed by atoms with Crippen LogP contribution in [0.25, 0.3) is 0 Å². The summed E-state index contributed by atoms with van der Waals surface area (Å²) in [5.41, 5.74) is 0.113. The van der Waals surface area contributed by atoms with Crippen molar-refractivity contribution in [1.29, 1.82) is 0 Å². The number of alkyl halides is 2. The zero-order valence-corrected chi connectivity index (χ0v) is 12.0. The minimum Gasteiger partial charge on any atom is -0.378 e. The van der Waals surface area contributed by atoms with Gasteiger partial charge in [-0.1, -0.05) is 20.3 Å². The molecule has 3 heteroatoms. The monoisotopic (exact) mass is 266 g/mol. The van der Waals surface area contributed by atoms with E-state index in [0.717, 1.165) is 13.0 Å². The Bertz CT molecular complexity index is 184. The summed E-state index contributed by atoms with van der Waals surface area (Å²) in [5.74, 6) is 1.88. The lowest BCUT2D eigenvalue weighted by atomic mass is 9.76. The van der Waals surface area contributed by atoms with Crippen molar-refractivity contribution in [2.45, 2.75) is 52.1 Å². The summed E-state index contributed by atoms with van der Waals surface area (Å²) in [6.45, 7) is 5.39. The first-order valence-corrected chi connectivity index (χ1v) is 7.45. The van der Waals surface area contributed by atoms with Crippen molar-refractivity contribution in [3.63, 3.8) is 0 Å². The number of rotatable bonds is 7. The van der Waals surface area contributed by atoms with E-state index in [4.69, 9.17) is 27.9 Å². The van der Waals surface area contributed by atoms with E-state index in [-0.39, 0.29) is 5.41 Å². The third-order valence-electron chi connectivity index (χ3n) is 3.98. The molecule has 1 atom stereocenters. The minimum absolute atomic E-state index is 0.113. The molecule has 0 N–H and O–H groups in total. The molecule has 1 saturated heterocycles. The van der Waals surface area contributed by atoms with Gasteiger partial charge < -0.3 is 4.74 Å². The molecule has 1 nitrogen and oxygen atoms in total. The molecule has 0 saturated carbocycles. The van der Waals surface area contributed by atoms with E-state index >= 15 is 0 Å². The average molecular weight is 267 g/mol. The Balaban J connectivity index is 2.31. The van der Waals surface area contributed by atoms with Gasteiger partial charge in [0.15, 0.2) is 0 Å². The fourth-order valence-electron chi connectivity index (χ4n) is 2.32. The molecule has 96 valence electrons. The molecule has 0 aromatic carbocycles. The van der Waals surface area contributed by atoms with Crippen LogP contribution in [0.3, 0.4) is 0 Å². The maximum absolute atomic E-state index is 6.10. The van der Waals surface area contributed by atoms with Crippen LogP contribution >= 0.6 is 23.2 Å². The van der Waals surface area contributed by atoms with E-state index in [1.807, 2.05) is 0 Å². The van der Waals surface area contributed by atoms with Gasteiger partial charge >= 0.3 is 0 Å². The maximum Gasteiger partial charge on any atom is 0.0576 e. The first kappa shape index (κ1) is 14.6. The van der Waals surface area contributed by atoms with Gasteiger partial charge in [-0.05, 0) is 37.0 Å². The van der Waals surface area contributed by atoms with E-state index in [0.29, 0.717) is 23.8 Å². The largest absolute Gasteiger partial charge is 0.378 e. The van der Waals surface area contributed by atoms with Crippen LogP contribution < -0.4 is 0 Å². The Kier molecular flexibility index (Phi) is 6.46. The molecular weight excluding hydrogens is 243 g/mol. The topological polar surface area (TPSA) is 9.23 Å².